The molecule has 0 saturated carbocycles. The number of ether oxygens (including phenoxy) is 4. The highest BCUT2D eigenvalue weighted by molar-refractivity contribution is 7.84. The Morgan fingerprint density at radius 2 is 1.08 bits per heavy atom. The minimum absolute atomic E-state index is 0.0165. The van der Waals surface area contributed by atoms with Crippen molar-refractivity contribution in [2.45, 2.75) is 193 Å². The number of hydrazine groups is 1. The molecule has 0 fully saturated rings. The van der Waals surface area contributed by atoms with Gasteiger partial charge in [-0.15, -0.1) is 0 Å². The van der Waals surface area contributed by atoms with Gasteiger partial charge in [0.1, 0.15) is 36.9 Å². The van der Waals surface area contributed by atoms with E-state index in [1.807, 2.05) is 0 Å². The Bertz CT molecular complexity index is 1710. The molecule has 0 spiro atoms. The van der Waals surface area contributed by atoms with E-state index in [2.05, 4.69) is 26.8 Å². The molecule has 0 radical (unpaired) electrons. The lowest BCUT2D eigenvalue weighted by molar-refractivity contribution is -0.142. The van der Waals surface area contributed by atoms with Crippen LogP contribution in [0.2, 0.25) is 0 Å². The summed E-state index contributed by atoms with van der Waals surface area (Å²) in [4.78, 5) is 108. The average Bonchev–Trinajstić information content (AvgIpc) is 3.37. The Balaban J connectivity index is 3.87. The molecule has 0 aliphatic heterocycles. The van der Waals surface area contributed by atoms with Crippen molar-refractivity contribution in [1.82, 2.24) is 26.8 Å². The fourth-order valence-corrected chi connectivity index (χ4v) is 8.48. The van der Waals surface area contributed by atoms with Gasteiger partial charge in [-0.25, -0.2) is 10.2 Å². The summed E-state index contributed by atoms with van der Waals surface area (Å²) >= 11 is 0. The van der Waals surface area contributed by atoms with E-state index < -0.39 is 58.7 Å². The number of amides is 5. The number of nitrogens with one attached hydrogen (secondary N) is 5. The van der Waals surface area contributed by atoms with Crippen LogP contribution in [0.4, 0.5) is 0 Å². The van der Waals surface area contributed by atoms with Crippen LogP contribution in [0.15, 0.2) is 0 Å². The van der Waals surface area contributed by atoms with E-state index in [0.717, 1.165) is 44.9 Å². The summed E-state index contributed by atoms with van der Waals surface area (Å²) in [5.74, 6) is -5.58. The van der Waals surface area contributed by atoms with Crippen LogP contribution >= 0.6 is 0 Å². The third kappa shape index (κ3) is 45.1. The van der Waals surface area contributed by atoms with Crippen LogP contribution in [0.5, 0.6) is 0 Å². The number of hydrogen-bond donors (Lipinski definition) is 9. The second-order valence-corrected chi connectivity index (χ2v) is 21.2. The molecule has 0 heterocycles. The molecule has 0 aromatic heterocycles. The van der Waals surface area contributed by atoms with Gasteiger partial charge in [-0.2, -0.15) is 0 Å². The summed E-state index contributed by atoms with van der Waals surface area (Å²) in [6.45, 7) is 4.59. The smallest absolute Gasteiger partial charge is 0.326 e. The topological polar surface area (TPSA) is 354 Å². The van der Waals surface area contributed by atoms with Crippen LogP contribution in [-0.2, 0) is 72.9 Å². The molecule has 0 bridgehead atoms. The Kier molecular flexibility index (Phi) is 45.8. The van der Waals surface area contributed by atoms with Crippen molar-refractivity contribution in [2.75, 3.05) is 78.0 Å². The molecule has 23 nitrogen and oxygen atoms in total. The lowest BCUT2D eigenvalue weighted by atomic mass is 9.90. The summed E-state index contributed by atoms with van der Waals surface area (Å²) in [7, 11) is -1.20. The SMILES string of the molecule is C[C@@H](CCCCNC(=O)COCCOCCNC(=O)COCCOCCCC(=O)CC[C@H](NC(=O)CCCCCCCCCCCCCCCCC(=O)O)C(=O)O)C(=O)C[C@@H](CCS(C)=O)C(=O)NN[C@H](C(N)=O)[C@@H](C)O. The Labute approximate surface area is 458 Å². The number of rotatable bonds is 55. The first-order chi connectivity index (χ1) is 36.8. The monoisotopic (exact) mass is 1120 g/mol. The normalized spacial score (nSPS) is 13.6. The number of aliphatic carboxylic acids is 2. The number of carboxylic acid groups (broad SMARTS) is 2. The highest BCUT2D eigenvalue weighted by Gasteiger charge is 2.28. The molecule has 5 amide bonds. The lowest BCUT2D eigenvalue weighted by Gasteiger charge is -2.22. The number of aliphatic hydroxyl groups is 1. The van der Waals surface area contributed by atoms with Crippen molar-refractivity contribution in [3.63, 3.8) is 0 Å². The van der Waals surface area contributed by atoms with Crippen LogP contribution in [0.3, 0.4) is 0 Å². The maximum Gasteiger partial charge on any atom is 0.326 e. The van der Waals surface area contributed by atoms with E-state index in [4.69, 9.17) is 29.8 Å². The van der Waals surface area contributed by atoms with Crippen molar-refractivity contribution in [2.24, 2.45) is 17.6 Å². The zero-order valence-electron chi connectivity index (χ0n) is 46.4. The van der Waals surface area contributed by atoms with E-state index in [1.165, 1.54) is 51.7 Å². The van der Waals surface area contributed by atoms with E-state index in [0.29, 0.717) is 38.6 Å². The molecule has 6 atom stereocenters. The van der Waals surface area contributed by atoms with Gasteiger partial charge in [0.15, 0.2) is 0 Å². The minimum Gasteiger partial charge on any atom is -0.481 e. The van der Waals surface area contributed by atoms with Crippen molar-refractivity contribution in [1.29, 1.82) is 0 Å². The molecule has 24 heteroatoms. The molecule has 0 aliphatic carbocycles. The van der Waals surface area contributed by atoms with Gasteiger partial charge in [-0.1, -0.05) is 90.4 Å². The minimum atomic E-state index is -1.23. The lowest BCUT2D eigenvalue weighted by Crippen LogP contribution is -2.56. The number of primary amides is 1. The summed E-state index contributed by atoms with van der Waals surface area (Å²) in [6, 6.07) is -2.35. The first-order valence-electron chi connectivity index (χ1n) is 27.8. The summed E-state index contributed by atoms with van der Waals surface area (Å²) in [5.41, 5.74) is 9.99. The summed E-state index contributed by atoms with van der Waals surface area (Å²) in [5, 5.41) is 35.9. The van der Waals surface area contributed by atoms with Gasteiger partial charge in [0.25, 0.3) is 0 Å². The van der Waals surface area contributed by atoms with E-state index in [1.54, 1.807) is 6.92 Å². The van der Waals surface area contributed by atoms with Crippen LogP contribution in [0.25, 0.3) is 0 Å². The molecule has 0 rings (SSSR count). The number of carbonyl (C=O) groups excluding carboxylic acids is 7. The van der Waals surface area contributed by atoms with E-state index >= 15 is 0 Å². The standard InChI is InChI=1S/C53H96N6O17S/c1-40(45(62)37-42(27-36-77(3)72)52(69)59-58-50(41(2)60)51(54)68)21-18-19-28-55-47(64)38-76-35-33-74-31-29-56-48(65)39-75-34-32-73-30-20-22-43(61)25-26-44(53(70)71)57-46(63)23-16-14-12-10-8-6-4-5-7-9-11-13-15-17-24-49(66)67/h40-42,44,50,58,60H,4-39H2,1-3H3,(H2,54,68)(H,55,64)(H,56,65)(H,57,63)(H,59,69)(H,66,67)(H,70,71)/t40-,41+,42+,44-,50-,77?/m0/s1. The Morgan fingerprint density at radius 1 is 0.558 bits per heavy atom. The molecule has 446 valence electrons. The van der Waals surface area contributed by atoms with Gasteiger partial charge in [0.2, 0.25) is 29.5 Å². The fourth-order valence-electron chi connectivity index (χ4n) is 7.87. The highest BCUT2D eigenvalue weighted by atomic mass is 32.2. The van der Waals surface area contributed by atoms with Crippen molar-refractivity contribution < 1.29 is 81.6 Å². The largest absolute Gasteiger partial charge is 0.481 e. The second kappa shape index (κ2) is 48.6. The van der Waals surface area contributed by atoms with E-state index in [-0.39, 0.29) is 145 Å². The molecule has 0 saturated heterocycles. The highest BCUT2D eigenvalue weighted by Crippen LogP contribution is 2.18. The van der Waals surface area contributed by atoms with Crippen LogP contribution < -0.4 is 32.5 Å². The van der Waals surface area contributed by atoms with Gasteiger partial charge < -0.3 is 56.0 Å². The molecular formula is C53H96N6O17S. The number of unbranched alkanes of at least 4 members (excludes halogenated alkanes) is 14. The number of hydrogen-bond acceptors (Lipinski definition) is 16. The molecule has 10 N–H and O–H groups in total. The van der Waals surface area contributed by atoms with Crippen molar-refractivity contribution in [3.8, 4) is 0 Å². The predicted octanol–water partition coefficient (Wildman–Crippen LogP) is 3.32. The molecule has 1 unspecified atom stereocenters. The zero-order chi connectivity index (χ0) is 57.5. The number of carboxylic acids is 2. The first kappa shape index (κ1) is 72.5. The Hall–Kier alpha value is -4.46. The second-order valence-electron chi connectivity index (χ2n) is 19.6. The number of carbonyl (C=O) groups is 9. The molecule has 0 aromatic rings. The van der Waals surface area contributed by atoms with Gasteiger partial charge in [-0.3, -0.25) is 48.0 Å². The molecule has 0 aliphatic rings. The predicted molar refractivity (Wildman–Crippen MR) is 289 cm³/mol. The summed E-state index contributed by atoms with van der Waals surface area (Å²) in [6.07, 6.45) is 18.3. The third-order valence-corrected chi connectivity index (χ3v) is 13.4. The maximum atomic E-state index is 13.0. The van der Waals surface area contributed by atoms with Crippen LogP contribution in [-0.4, -0.2) is 169 Å². The van der Waals surface area contributed by atoms with Crippen LogP contribution in [0.1, 0.15) is 174 Å². The van der Waals surface area contributed by atoms with Crippen LogP contribution in [0, 0.1) is 11.8 Å². The quantitative estimate of drug-likeness (QED) is 0.0311. The van der Waals surface area contributed by atoms with E-state index in [9.17, 15) is 57.6 Å². The number of Topliss-reactive ketones (excluding diaryl/α,β-unsaturated/α-hetero) is 2. The number of ketones is 2. The fraction of sp³-hybridized carbons (Fsp3) is 0.830. The zero-order valence-corrected chi connectivity index (χ0v) is 47.2. The van der Waals surface area contributed by atoms with Gasteiger partial charge in [0, 0.05) is 86.4 Å². The van der Waals surface area contributed by atoms with Gasteiger partial charge in [-0.05, 0) is 51.9 Å². The van der Waals surface area contributed by atoms with Crippen molar-refractivity contribution >= 4 is 63.8 Å². The average molecular weight is 1120 g/mol. The van der Waals surface area contributed by atoms with Gasteiger partial charge in [0.05, 0.1) is 39.1 Å². The van der Waals surface area contributed by atoms with Crippen molar-refractivity contribution in [3.05, 3.63) is 0 Å². The molecule has 0 aromatic carbocycles. The molecule has 77 heavy (non-hydrogen) atoms. The number of aliphatic hydroxyl groups excluding tert-OH is 1. The molecular weight excluding hydrogens is 1020 g/mol. The van der Waals surface area contributed by atoms with Gasteiger partial charge >= 0.3 is 11.9 Å². The number of nitrogens with two attached hydrogens (primary N) is 1. The maximum absolute atomic E-state index is 13.0. The third-order valence-electron chi connectivity index (χ3n) is 12.6. The first-order valence-corrected chi connectivity index (χ1v) is 29.5. The summed E-state index contributed by atoms with van der Waals surface area (Å²) < 4.78 is 33.2. The Morgan fingerprint density at radius 3 is 1.60 bits per heavy atom.